The number of nitro benzene ring substituents is 1. The zero-order valence-corrected chi connectivity index (χ0v) is 13.5. The highest BCUT2D eigenvalue weighted by molar-refractivity contribution is 5.59. The van der Waals surface area contributed by atoms with Crippen molar-refractivity contribution in [2.45, 2.75) is 25.0 Å². The van der Waals surface area contributed by atoms with Crippen LogP contribution in [-0.4, -0.2) is 30.3 Å². The Morgan fingerprint density at radius 1 is 1.04 bits per heavy atom. The zero-order valence-electron chi connectivity index (χ0n) is 13.5. The summed E-state index contributed by atoms with van der Waals surface area (Å²) < 4.78 is 16.6. The van der Waals surface area contributed by atoms with Crippen LogP contribution in [-0.2, 0) is 22.3 Å². The van der Waals surface area contributed by atoms with Gasteiger partial charge >= 0.3 is 5.69 Å². The SMILES string of the molecule is Nc1ccc(Oc2ccccc2[N+](=O)[O-])c(CC2CO2)c1CC1CO1. The van der Waals surface area contributed by atoms with Crippen LogP contribution in [0.15, 0.2) is 36.4 Å². The maximum atomic E-state index is 11.2. The number of hydrogen-bond acceptors (Lipinski definition) is 6. The molecule has 0 amide bonds. The van der Waals surface area contributed by atoms with Gasteiger partial charge in [-0.15, -0.1) is 0 Å². The van der Waals surface area contributed by atoms with Gasteiger partial charge in [0.25, 0.3) is 0 Å². The summed E-state index contributed by atoms with van der Waals surface area (Å²) in [6, 6.07) is 9.88. The van der Waals surface area contributed by atoms with Crippen LogP contribution >= 0.6 is 0 Å². The van der Waals surface area contributed by atoms with E-state index in [1.54, 1.807) is 30.3 Å². The Labute approximate surface area is 144 Å². The molecule has 0 spiro atoms. The van der Waals surface area contributed by atoms with Gasteiger partial charge in [0.05, 0.1) is 30.3 Å². The van der Waals surface area contributed by atoms with Crippen molar-refractivity contribution < 1.29 is 19.1 Å². The van der Waals surface area contributed by atoms with E-state index in [-0.39, 0.29) is 23.6 Å². The molecule has 0 aliphatic carbocycles. The number of rotatable bonds is 7. The van der Waals surface area contributed by atoms with Gasteiger partial charge in [0.1, 0.15) is 5.75 Å². The van der Waals surface area contributed by atoms with Crippen molar-refractivity contribution in [1.82, 2.24) is 0 Å². The number of epoxide rings is 2. The summed E-state index contributed by atoms with van der Waals surface area (Å²) in [6.45, 7) is 1.44. The minimum absolute atomic E-state index is 0.0694. The number of nitrogens with two attached hydrogens (primary N) is 1. The summed E-state index contributed by atoms with van der Waals surface area (Å²) in [5, 5.41) is 11.2. The molecule has 2 aromatic carbocycles. The molecule has 0 radical (unpaired) electrons. The summed E-state index contributed by atoms with van der Waals surface area (Å²) in [6.07, 6.45) is 1.71. The van der Waals surface area contributed by atoms with Crippen LogP contribution in [0.4, 0.5) is 11.4 Å². The van der Waals surface area contributed by atoms with E-state index in [2.05, 4.69) is 0 Å². The molecule has 2 unspecified atom stereocenters. The van der Waals surface area contributed by atoms with E-state index in [9.17, 15) is 10.1 Å². The second kappa shape index (κ2) is 6.34. The van der Waals surface area contributed by atoms with Crippen LogP contribution in [0.25, 0.3) is 0 Å². The number of para-hydroxylation sites is 2. The summed E-state index contributed by atoms with van der Waals surface area (Å²) in [5.74, 6) is 0.790. The molecule has 2 atom stereocenters. The second-order valence-electron chi connectivity index (χ2n) is 6.26. The van der Waals surface area contributed by atoms with Crippen molar-refractivity contribution >= 4 is 11.4 Å². The van der Waals surface area contributed by atoms with Gasteiger partial charge in [0.15, 0.2) is 0 Å². The molecule has 7 nitrogen and oxygen atoms in total. The summed E-state index contributed by atoms with van der Waals surface area (Å²) in [4.78, 5) is 10.8. The van der Waals surface area contributed by atoms with Gasteiger partial charge in [-0.1, -0.05) is 12.1 Å². The first-order chi connectivity index (χ1) is 12.1. The predicted octanol–water partition coefficient (Wildman–Crippen LogP) is 2.85. The smallest absolute Gasteiger partial charge is 0.311 e. The average molecular weight is 342 g/mol. The van der Waals surface area contributed by atoms with Gasteiger partial charge < -0.3 is 19.9 Å². The number of ether oxygens (including phenoxy) is 3. The Morgan fingerprint density at radius 3 is 2.32 bits per heavy atom. The van der Waals surface area contributed by atoms with Gasteiger partial charge in [0, 0.05) is 30.2 Å². The quantitative estimate of drug-likeness (QED) is 0.359. The van der Waals surface area contributed by atoms with Crippen molar-refractivity contribution in [3.8, 4) is 11.5 Å². The second-order valence-corrected chi connectivity index (χ2v) is 6.26. The highest BCUT2D eigenvalue weighted by Gasteiger charge is 2.30. The van der Waals surface area contributed by atoms with Crippen molar-refractivity contribution in [3.05, 3.63) is 57.6 Å². The lowest BCUT2D eigenvalue weighted by molar-refractivity contribution is -0.385. The molecule has 2 aliphatic heterocycles. The van der Waals surface area contributed by atoms with Gasteiger partial charge in [-0.3, -0.25) is 10.1 Å². The van der Waals surface area contributed by atoms with E-state index >= 15 is 0 Å². The Hall–Kier alpha value is -2.64. The molecule has 2 heterocycles. The number of nitro groups is 1. The van der Waals surface area contributed by atoms with Crippen molar-refractivity contribution in [3.63, 3.8) is 0 Å². The highest BCUT2D eigenvalue weighted by atomic mass is 16.6. The Kier molecular flexibility index (Phi) is 4.03. The van der Waals surface area contributed by atoms with E-state index in [1.807, 2.05) is 0 Å². The van der Waals surface area contributed by atoms with E-state index in [0.717, 1.165) is 17.7 Å². The van der Waals surface area contributed by atoms with Crippen molar-refractivity contribution in [2.24, 2.45) is 0 Å². The first kappa shape index (κ1) is 15.9. The van der Waals surface area contributed by atoms with Crippen LogP contribution < -0.4 is 10.5 Å². The van der Waals surface area contributed by atoms with Crippen LogP contribution in [0.1, 0.15) is 11.1 Å². The van der Waals surface area contributed by atoms with Crippen LogP contribution in [0, 0.1) is 10.1 Å². The number of nitrogens with zero attached hydrogens (tertiary/aromatic N) is 1. The lowest BCUT2D eigenvalue weighted by atomic mass is 9.96. The van der Waals surface area contributed by atoms with Crippen LogP contribution in [0.2, 0.25) is 0 Å². The fourth-order valence-electron chi connectivity index (χ4n) is 2.89. The molecular formula is C18H18N2O5. The van der Waals surface area contributed by atoms with Gasteiger partial charge in [0.2, 0.25) is 5.75 Å². The van der Waals surface area contributed by atoms with E-state index < -0.39 is 4.92 Å². The summed E-state index contributed by atoms with van der Waals surface area (Å²) >= 11 is 0. The van der Waals surface area contributed by atoms with Gasteiger partial charge in [-0.25, -0.2) is 0 Å². The molecule has 25 heavy (non-hydrogen) atoms. The van der Waals surface area contributed by atoms with Crippen molar-refractivity contribution in [2.75, 3.05) is 18.9 Å². The normalized spacial score (nSPS) is 21.0. The monoisotopic (exact) mass is 342 g/mol. The molecule has 2 fully saturated rings. The fraction of sp³-hybridized carbons (Fsp3) is 0.333. The first-order valence-electron chi connectivity index (χ1n) is 8.16. The topological polar surface area (TPSA) is 103 Å². The third-order valence-electron chi connectivity index (χ3n) is 4.37. The van der Waals surface area contributed by atoms with Crippen LogP contribution in [0.5, 0.6) is 11.5 Å². The molecule has 0 saturated carbocycles. The first-order valence-corrected chi connectivity index (χ1v) is 8.16. The third kappa shape index (κ3) is 3.57. The Balaban J connectivity index is 1.72. The molecule has 2 saturated heterocycles. The van der Waals surface area contributed by atoms with Crippen LogP contribution in [0.3, 0.4) is 0 Å². The van der Waals surface area contributed by atoms with E-state index in [0.29, 0.717) is 30.9 Å². The number of nitrogen functional groups attached to an aromatic ring is 1. The maximum absolute atomic E-state index is 11.2. The number of anilines is 1. The molecule has 2 N–H and O–H groups in total. The minimum atomic E-state index is -0.449. The highest BCUT2D eigenvalue weighted by Crippen LogP contribution is 2.38. The molecule has 4 rings (SSSR count). The van der Waals surface area contributed by atoms with E-state index in [1.165, 1.54) is 6.07 Å². The Bertz CT molecular complexity index is 815. The molecular weight excluding hydrogens is 324 g/mol. The zero-order chi connectivity index (χ0) is 17.4. The molecule has 2 aromatic rings. The number of hydrogen-bond donors (Lipinski definition) is 1. The molecule has 130 valence electrons. The van der Waals surface area contributed by atoms with Gasteiger partial charge in [-0.2, -0.15) is 0 Å². The summed E-state index contributed by atoms with van der Waals surface area (Å²) in [7, 11) is 0. The third-order valence-corrected chi connectivity index (χ3v) is 4.37. The largest absolute Gasteiger partial charge is 0.450 e. The maximum Gasteiger partial charge on any atom is 0.311 e. The van der Waals surface area contributed by atoms with Crippen molar-refractivity contribution in [1.29, 1.82) is 0 Å². The molecule has 0 aromatic heterocycles. The minimum Gasteiger partial charge on any atom is -0.450 e. The fourth-order valence-corrected chi connectivity index (χ4v) is 2.89. The van der Waals surface area contributed by atoms with Gasteiger partial charge in [-0.05, 0) is 23.8 Å². The predicted molar refractivity (Wildman–Crippen MR) is 90.9 cm³/mol. The molecule has 0 bridgehead atoms. The van der Waals surface area contributed by atoms with E-state index in [4.69, 9.17) is 19.9 Å². The lowest BCUT2D eigenvalue weighted by Gasteiger charge is -2.16. The number of benzene rings is 2. The molecule has 2 aliphatic rings. The molecule has 7 heteroatoms. The standard InChI is InChI=1S/C18H18N2O5/c19-15-5-6-17(25-18-4-2-1-3-16(18)20(21)22)14(8-12-10-24-12)13(15)7-11-9-23-11/h1-6,11-12H,7-10,19H2. The lowest BCUT2D eigenvalue weighted by Crippen LogP contribution is -2.08. The summed E-state index contributed by atoms with van der Waals surface area (Å²) in [5.41, 5.74) is 8.71. The Morgan fingerprint density at radius 2 is 1.68 bits per heavy atom. The average Bonchev–Trinajstić information content (AvgIpc) is 3.49.